The molecule has 5 heteroatoms. The van der Waals surface area contributed by atoms with Gasteiger partial charge in [-0.15, -0.1) is 0 Å². The summed E-state index contributed by atoms with van der Waals surface area (Å²) in [4.78, 5) is 0. The number of benzene rings is 1. The van der Waals surface area contributed by atoms with Gasteiger partial charge in [-0.05, 0) is 19.1 Å². The van der Waals surface area contributed by atoms with Gasteiger partial charge in [-0.25, -0.2) is 4.39 Å². The van der Waals surface area contributed by atoms with Crippen LogP contribution in [0.15, 0.2) is 18.2 Å². The highest BCUT2D eigenvalue weighted by Crippen LogP contribution is 2.25. The summed E-state index contributed by atoms with van der Waals surface area (Å²) in [5.41, 5.74) is 0.260. The minimum Gasteiger partial charge on any atom is -0.374 e. The second-order valence-corrected chi connectivity index (χ2v) is 3.78. The van der Waals surface area contributed by atoms with Crippen molar-refractivity contribution in [1.82, 2.24) is 0 Å². The molecule has 1 aromatic carbocycles. The molecule has 0 spiro atoms. The third kappa shape index (κ3) is 3.07. The second kappa shape index (κ2) is 6.03. The van der Waals surface area contributed by atoms with Crippen LogP contribution >= 0.6 is 11.6 Å². The number of ether oxygens (including phenoxy) is 2. The molecule has 1 aromatic rings. The van der Waals surface area contributed by atoms with Crippen molar-refractivity contribution in [2.75, 3.05) is 19.5 Å². The maximum Gasteiger partial charge on any atom is 0.176 e. The lowest BCUT2D eigenvalue weighted by atomic mass is 10.2. The summed E-state index contributed by atoms with van der Waals surface area (Å²) in [6.45, 7) is 1.82. The normalized spacial score (nSPS) is 12.9. The SMILES string of the molecule is COC(OC)C(C)Nc1c(F)cccc1Cl. The summed E-state index contributed by atoms with van der Waals surface area (Å²) in [6, 6.07) is 4.30. The van der Waals surface area contributed by atoms with Crippen LogP contribution in [-0.2, 0) is 9.47 Å². The Bertz CT molecular complexity index is 325. The van der Waals surface area contributed by atoms with Gasteiger partial charge in [0.15, 0.2) is 6.29 Å². The summed E-state index contributed by atoms with van der Waals surface area (Å²) >= 11 is 5.88. The van der Waals surface area contributed by atoms with Gasteiger partial charge in [0, 0.05) is 14.2 Å². The molecule has 0 bridgehead atoms. The number of methoxy groups -OCH3 is 2. The fourth-order valence-electron chi connectivity index (χ4n) is 1.44. The molecular formula is C11H15ClFNO2. The third-order valence-electron chi connectivity index (χ3n) is 2.21. The fourth-order valence-corrected chi connectivity index (χ4v) is 1.65. The number of nitrogens with one attached hydrogen (secondary N) is 1. The van der Waals surface area contributed by atoms with Crippen molar-refractivity contribution >= 4 is 17.3 Å². The lowest BCUT2D eigenvalue weighted by Crippen LogP contribution is -2.34. The highest BCUT2D eigenvalue weighted by Gasteiger charge is 2.18. The Hall–Kier alpha value is -0.840. The number of anilines is 1. The summed E-state index contributed by atoms with van der Waals surface area (Å²) in [6.07, 6.45) is -0.462. The Morgan fingerprint density at radius 3 is 2.44 bits per heavy atom. The van der Waals surface area contributed by atoms with Crippen molar-refractivity contribution in [1.29, 1.82) is 0 Å². The molecule has 3 nitrogen and oxygen atoms in total. The van der Waals surface area contributed by atoms with Gasteiger partial charge < -0.3 is 14.8 Å². The first-order chi connectivity index (χ1) is 7.60. The Balaban J connectivity index is 2.80. The van der Waals surface area contributed by atoms with E-state index in [4.69, 9.17) is 21.1 Å². The van der Waals surface area contributed by atoms with Crippen LogP contribution in [0.25, 0.3) is 0 Å². The first-order valence-electron chi connectivity index (χ1n) is 4.86. The number of hydrogen-bond donors (Lipinski definition) is 1. The number of para-hydroxylation sites is 1. The summed E-state index contributed by atoms with van der Waals surface area (Å²) < 4.78 is 23.6. The van der Waals surface area contributed by atoms with Crippen molar-refractivity contribution in [2.24, 2.45) is 0 Å². The largest absolute Gasteiger partial charge is 0.374 e. The predicted molar refractivity (Wildman–Crippen MR) is 62.3 cm³/mol. The zero-order chi connectivity index (χ0) is 12.1. The lowest BCUT2D eigenvalue weighted by molar-refractivity contribution is -0.109. The van der Waals surface area contributed by atoms with Crippen LogP contribution < -0.4 is 5.32 Å². The van der Waals surface area contributed by atoms with Gasteiger partial charge in [0.1, 0.15) is 5.82 Å². The Kier molecular flexibility index (Phi) is 4.99. The van der Waals surface area contributed by atoms with Crippen LogP contribution in [0.1, 0.15) is 6.92 Å². The van der Waals surface area contributed by atoms with Crippen LogP contribution in [-0.4, -0.2) is 26.6 Å². The number of hydrogen-bond acceptors (Lipinski definition) is 3. The molecule has 0 radical (unpaired) electrons. The third-order valence-corrected chi connectivity index (χ3v) is 2.52. The molecule has 0 heterocycles. The first kappa shape index (κ1) is 13.2. The average molecular weight is 248 g/mol. The molecule has 1 atom stereocenters. The van der Waals surface area contributed by atoms with Crippen LogP contribution in [0.2, 0.25) is 5.02 Å². The Morgan fingerprint density at radius 2 is 1.94 bits per heavy atom. The van der Waals surface area contributed by atoms with E-state index in [9.17, 15) is 4.39 Å². The lowest BCUT2D eigenvalue weighted by Gasteiger charge is -2.23. The maximum absolute atomic E-state index is 13.5. The first-order valence-corrected chi connectivity index (χ1v) is 5.24. The number of rotatable bonds is 5. The van der Waals surface area contributed by atoms with E-state index < -0.39 is 12.1 Å². The van der Waals surface area contributed by atoms with Gasteiger partial charge in [0.2, 0.25) is 0 Å². The summed E-state index contributed by atoms with van der Waals surface area (Å²) in [7, 11) is 3.05. The molecule has 0 fully saturated rings. The van der Waals surface area contributed by atoms with E-state index in [1.165, 1.54) is 20.3 Å². The molecule has 0 saturated heterocycles. The molecule has 0 aromatic heterocycles. The van der Waals surface area contributed by atoms with E-state index in [2.05, 4.69) is 5.32 Å². The fraction of sp³-hybridized carbons (Fsp3) is 0.455. The van der Waals surface area contributed by atoms with Gasteiger partial charge in [0.25, 0.3) is 0 Å². The molecule has 90 valence electrons. The zero-order valence-corrected chi connectivity index (χ0v) is 10.2. The van der Waals surface area contributed by atoms with E-state index in [0.29, 0.717) is 5.02 Å². The summed E-state index contributed by atoms with van der Waals surface area (Å²) in [5, 5.41) is 3.25. The van der Waals surface area contributed by atoms with Crippen molar-refractivity contribution in [3.8, 4) is 0 Å². The molecule has 1 unspecified atom stereocenters. The number of halogens is 2. The molecule has 1 rings (SSSR count). The van der Waals surface area contributed by atoms with Gasteiger partial charge in [-0.1, -0.05) is 17.7 Å². The van der Waals surface area contributed by atoms with Crippen molar-refractivity contribution < 1.29 is 13.9 Å². The van der Waals surface area contributed by atoms with E-state index >= 15 is 0 Å². The topological polar surface area (TPSA) is 30.5 Å². The zero-order valence-electron chi connectivity index (χ0n) is 9.46. The average Bonchev–Trinajstić information content (AvgIpc) is 2.25. The molecule has 0 amide bonds. The van der Waals surface area contributed by atoms with Crippen LogP contribution in [0.5, 0.6) is 0 Å². The van der Waals surface area contributed by atoms with Crippen molar-refractivity contribution in [3.05, 3.63) is 29.0 Å². The monoisotopic (exact) mass is 247 g/mol. The summed E-state index contributed by atoms with van der Waals surface area (Å²) in [5.74, 6) is -0.398. The van der Waals surface area contributed by atoms with Gasteiger partial charge in [-0.2, -0.15) is 0 Å². The van der Waals surface area contributed by atoms with E-state index in [1.807, 2.05) is 6.92 Å². The van der Waals surface area contributed by atoms with Crippen LogP contribution in [0.4, 0.5) is 10.1 Å². The maximum atomic E-state index is 13.5. The van der Waals surface area contributed by atoms with Gasteiger partial charge >= 0.3 is 0 Å². The molecule has 0 aliphatic rings. The standard InChI is InChI=1S/C11H15ClFNO2/c1-7(11(15-2)16-3)14-10-8(12)5-4-6-9(10)13/h4-7,11,14H,1-3H3. The Labute approximate surface area is 99.5 Å². The smallest absolute Gasteiger partial charge is 0.176 e. The van der Waals surface area contributed by atoms with Gasteiger partial charge in [-0.3, -0.25) is 0 Å². The molecule has 16 heavy (non-hydrogen) atoms. The highest BCUT2D eigenvalue weighted by molar-refractivity contribution is 6.33. The van der Waals surface area contributed by atoms with Crippen LogP contribution in [0, 0.1) is 5.82 Å². The second-order valence-electron chi connectivity index (χ2n) is 3.37. The van der Waals surface area contributed by atoms with Gasteiger partial charge in [0.05, 0.1) is 16.8 Å². The molecule has 0 aliphatic carbocycles. The Morgan fingerprint density at radius 1 is 1.31 bits per heavy atom. The van der Waals surface area contributed by atoms with Crippen LogP contribution in [0.3, 0.4) is 0 Å². The van der Waals surface area contributed by atoms with Crippen molar-refractivity contribution in [3.63, 3.8) is 0 Å². The van der Waals surface area contributed by atoms with E-state index in [-0.39, 0.29) is 11.7 Å². The predicted octanol–water partition coefficient (Wildman–Crippen LogP) is 2.90. The minimum absolute atomic E-state index is 0.218. The van der Waals surface area contributed by atoms with Crippen molar-refractivity contribution in [2.45, 2.75) is 19.3 Å². The minimum atomic E-state index is -0.462. The molecule has 1 N–H and O–H groups in total. The molecular weight excluding hydrogens is 233 g/mol. The molecule has 0 saturated carbocycles. The molecule has 0 aliphatic heterocycles. The highest BCUT2D eigenvalue weighted by atomic mass is 35.5. The van der Waals surface area contributed by atoms with E-state index in [0.717, 1.165) is 0 Å². The quantitative estimate of drug-likeness (QED) is 0.812. The van der Waals surface area contributed by atoms with E-state index in [1.54, 1.807) is 12.1 Å².